The Labute approximate surface area is 105 Å². The van der Waals surface area contributed by atoms with Crippen molar-refractivity contribution in [3.05, 3.63) is 23.6 Å². The molecule has 0 saturated heterocycles. The number of aryl methyl sites for hydroxylation is 2. The standard InChI is InChI=1S/C13H14N2O3/c1-3-17-13(16)11-8-12-10(7-9(2)18-12)15(11)6-4-5-14/h7-8H,3-4,6H2,1-2H3. The number of hydrogen-bond acceptors (Lipinski definition) is 4. The molecule has 0 aliphatic carbocycles. The molecule has 0 N–H and O–H groups in total. The highest BCUT2D eigenvalue weighted by atomic mass is 16.5. The van der Waals surface area contributed by atoms with Crippen LogP contribution in [0.1, 0.15) is 29.6 Å². The molecule has 0 aliphatic rings. The number of hydrogen-bond donors (Lipinski definition) is 0. The molecule has 2 heterocycles. The van der Waals surface area contributed by atoms with Crippen LogP contribution < -0.4 is 0 Å². The number of rotatable bonds is 4. The van der Waals surface area contributed by atoms with E-state index in [1.165, 1.54) is 0 Å². The Hall–Kier alpha value is -2.22. The van der Waals surface area contributed by atoms with Crippen LogP contribution in [0.5, 0.6) is 0 Å². The van der Waals surface area contributed by atoms with E-state index >= 15 is 0 Å². The summed E-state index contributed by atoms with van der Waals surface area (Å²) in [5.74, 6) is 0.389. The van der Waals surface area contributed by atoms with Crippen molar-refractivity contribution in [3.63, 3.8) is 0 Å². The highest BCUT2D eigenvalue weighted by molar-refractivity contribution is 5.94. The van der Waals surface area contributed by atoms with Crippen LogP contribution in [0.3, 0.4) is 0 Å². The molecule has 0 radical (unpaired) electrons. The number of carbonyl (C=O) groups excluding carboxylic acids is 1. The van der Waals surface area contributed by atoms with Gasteiger partial charge in [-0.2, -0.15) is 5.26 Å². The van der Waals surface area contributed by atoms with Gasteiger partial charge in [-0.3, -0.25) is 0 Å². The maximum Gasteiger partial charge on any atom is 0.355 e. The van der Waals surface area contributed by atoms with Crippen molar-refractivity contribution < 1.29 is 13.9 Å². The van der Waals surface area contributed by atoms with Crippen molar-refractivity contribution in [2.24, 2.45) is 0 Å². The predicted molar refractivity (Wildman–Crippen MR) is 65.1 cm³/mol. The molecule has 5 nitrogen and oxygen atoms in total. The number of carbonyl (C=O) groups is 1. The minimum absolute atomic E-state index is 0.322. The van der Waals surface area contributed by atoms with Crippen molar-refractivity contribution in [1.82, 2.24) is 4.57 Å². The molecule has 0 bridgehead atoms. The van der Waals surface area contributed by atoms with Gasteiger partial charge in [0.25, 0.3) is 0 Å². The van der Waals surface area contributed by atoms with E-state index in [0.717, 1.165) is 11.3 Å². The van der Waals surface area contributed by atoms with Crippen LogP contribution >= 0.6 is 0 Å². The van der Waals surface area contributed by atoms with Gasteiger partial charge in [0.15, 0.2) is 5.58 Å². The van der Waals surface area contributed by atoms with Gasteiger partial charge in [-0.05, 0) is 13.8 Å². The molecule has 0 aliphatic heterocycles. The van der Waals surface area contributed by atoms with Crippen LogP contribution in [-0.4, -0.2) is 17.1 Å². The quantitative estimate of drug-likeness (QED) is 0.777. The first-order valence-corrected chi connectivity index (χ1v) is 5.81. The minimum atomic E-state index is -0.389. The summed E-state index contributed by atoms with van der Waals surface area (Å²) in [5.41, 5.74) is 1.90. The number of esters is 1. The molecule has 18 heavy (non-hydrogen) atoms. The second-order valence-electron chi connectivity index (χ2n) is 3.92. The molecule has 2 aromatic heterocycles. The summed E-state index contributed by atoms with van der Waals surface area (Å²) in [4.78, 5) is 11.8. The average molecular weight is 246 g/mol. The van der Waals surface area contributed by atoms with E-state index in [9.17, 15) is 4.79 Å². The van der Waals surface area contributed by atoms with Gasteiger partial charge in [-0.15, -0.1) is 0 Å². The molecule has 2 aromatic rings. The van der Waals surface area contributed by atoms with Gasteiger partial charge in [-0.1, -0.05) is 0 Å². The fourth-order valence-corrected chi connectivity index (χ4v) is 1.94. The Kier molecular flexibility index (Phi) is 3.38. The summed E-state index contributed by atoms with van der Waals surface area (Å²) in [6, 6.07) is 5.59. The lowest BCUT2D eigenvalue weighted by molar-refractivity contribution is 0.0514. The van der Waals surface area contributed by atoms with E-state index in [1.54, 1.807) is 17.6 Å². The van der Waals surface area contributed by atoms with Gasteiger partial charge in [0.1, 0.15) is 11.5 Å². The lowest BCUT2D eigenvalue weighted by atomic mass is 10.4. The van der Waals surface area contributed by atoms with Crippen LogP contribution in [0.2, 0.25) is 0 Å². The lowest BCUT2D eigenvalue weighted by Crippen LogP contribution is -2.12. The molecule has 5 heteroatoms. The van der Waals surface area contributed by atoms with E-state index in [1.807, 2.05) is 13.0 Å². The van der Waals surface area contributed by atoms with Crippen LogP contribution in [0.15, 0.2) is 16.5 Å². The maximum absolute atomic E-state index is 11.8. The maximum atomic E-state index is 11.8. The van der Waals surface area contributed by atoms with Crippen LogP contribution in [0.25, 0.3) is 11.1 Å². The Balaban J connectivity index is 2.47. The summed E-state index contributed by atoms with van der Waals surface area (Å²) in [7, 11) is 0. The highest BCUT2D eigenvalue weighted by Crippen LogP contribution is 2.24. The molecule has 0 unspecified atom stereocenters. The Morgan fingerprint density at radius 2 is 2.33 bits per heavy atom. The molecule has 0 amide bonds. The van der Waals surface area contributed by atoms with E-state index in [4.69, 9.17) is 14.4 Å². The van der Waals surface area contributed by atoms with E-state index in [2.05, 4.69) is 6.07 Å². The van der Waals surface area contributed by atoms with Gasteiger partial charge in [0, 0.05) is 18.7 Å². The third kappa shape index (κ3) is 2.09. The van der Waals surface area contributed by atoms with Crippen molar-refractivity contribution in [2.45, 2.75) is 26.8 Å². The molecule has 0 saturated carbocycles. The largest absolute Gasteiger partial charge is 0.461 e. The number of nitriles is 1. The molecule has 0 fully saturated rings. The fraction of sp³-hybridized carbons (Fsp3) is 0.385. The zero-order valence-corrected chi connectivity index (χ0v) is 10.4. The minimum Gasteiger partial charge on any atom is -0.461 e. The predicted octanol–water partition coefficient (Wildman–Crippen LogP) is 2.63. The second-order valence-corrected chi connectivity index (χ2v) is 3.92. The molecule has 0 spiro atoms. The Morgan fingerprint density at radius 3 is 3.00 bits per heavy atom. The highest BCUT2D eigenvalue weighted by Gasteiger charge is 2.18. The number of aromatic nitrogens is 1. The monoisotopic (exact) mass is 246 g/mol. The number of fused-ring (bicyclic) bond motifs is 1. The third-order valence-electron chi connectivity index (χ3n) is 2.64. The zero-order valence-electron chi connectivity index (χ0n) is 10.4. The van der Waals surface area contributed by atoms with E-state index in [0.29, 0.717) is 30.8 Å². The van der Waals surface area contributed by atoms with Crippen molar-refractivity contribution in [3.8, 4) is 6.07 Å². The second kappa shape index (κ2) is 4.96. The SMILES string of the molecule is CCOC(=O)c1cc2oc(C)cc2n1CCC#N. The first-order valence-electron chi connectivity index (χ1n) is 5.81. The average Bonchev–Trinajstić information content (AvgIpc) is 2.83. The molecule has 2 rings (SSSR count). The molecular formula is C13H14N2O3. The Morgan fingerprint density at radius 1 is 1.56 bits per heavy atom. The van der Waals surface area contributed by atoms with Gasteiger partial charge in [0.2, 0.25) is 0 Å². The summed E-state index contributed by atoms with van der Waals surface area (Å²) in [5, 5.41) is 8.67. The van der Waals surface area contributed by atoms with Gasteiger partial charge in [-0.25, -0.2) is 4.79 Å². The lowest BCUT2D eigenvalue weighted by Gasteiger charge is -2.06. The molecule has 0 atom stereocenters. The molecule has 0 aromatic carbocycles. The molecular weight excluding hydrogens is 232 g/mol. The number of furan rings is 1. The Bertz CT molecular complexity index is 616. The molecule has 94 valence electrons. The smallest absolute Gasteiger partial charge is 0.355 e. The summed E-state index contributed by atoms with van der Waals surface area (Å²) >= 11 is 0. The normalized spacial score (nSPS) is 10.5. The van der Waals surface area contributed by atoms with E-state index < -0.39 is 0 Å². The van der Waals surface area contributed by atoms with Crippen molar-refractivity contribution in [2.75, 3.05) is 6.61 Å². The summed E-state index contributed by atoms with van der Waals surface area (Å²) < 4.78 is 12.3. The van der Waals surface area contributed by atoms with Gasteiger partial charge >= 0.3 is 5.97 Å². The van der Waals surface area contributed by atoms with Crippen molar-refractivity contribution in [1.29, 1.82) is 5.26 Å². The fourth-order valence-electron chi connectivity index (χ4n) is 1.94. The zero-order chi connectivity index (χ0) is 13.1. The van der Waals surface area contributed by atoms with Gasteiger partial charge in [0.05, 0.1) is 24.6 Å². The van der Waals surface area contributed by atoms with Crippen LogP contribution in [0.4, 0.5) is 0 Å². The van der Waals surface area contributed by atoms with Crippen LogP contribution in [0, 0.1) is 18.3 Å². The first-order chi connectivity index (χ1) is 8.67. The van der Waals surface area contributed by atoms with E-state index in [-0.39, 0.29) is 5.97 Å². The van der Waals surface area contributed by atoms with Gasteiger partial charge < -0.3 is 13.7 Å². The van der Waals surface area contributed by atoms with Crippen molar-refractivity contribution >= 4 is 17.1 Å². The topological polar surface area (TPSA) is 68.2 Å². The number of nitrogens with zero attached hydrogens (tertiary/aromatic N) is 2. The van der Waals surface area contributed by atoms with Crippen LogP contribution in [-0.2, 0) is 11.3 Å². The summed E-state index contributed by atoms with van der Waals surface area (Å²) in [6.07, 6.45) is 0.334. The first kappa shape index (κ1) is 12.2. The number of ether oxygens (including phenoxy) is 1. The summed E-state index contributed by atoms with van der Waals surface area (Å²) in [6.45, 7) is 4.38. The third-order valence-corrected chi connectivity index (χ3v) is 2.64.